The first-order valence-corrected chi connectivity index (χ1v) is 4.86. The molecule has 84 valence electrons. The topological polar surface area (TPSA) is 90.4 Å². The van der Waals surface area contributed by atoms with Gasteiger partial charge >= 0.3 is 0 Å². The third-order valence-corrected chi connectivity index (χ3v) is 1.80. The Kier molecular flexibility index (Phi) is 6.19. The normalized spacial score (nSPS) is 15.2. The Labute approximate surface area is 84.7 Å². The summed E-state index contributed by atoms with van der Waals surface area (Å²) in [6.45, 7) is 4.13. The van der Waals surface area contributed by atoms with Crippen molar-refractivity contribution in [3.63, 3.8) is 0 Å². The van der Waals surface area contributed by atoms with Gasteiger partial charge in [-0.15, -0.1) is 0 Å². The van der Waals surface area contributed by atoms with Crippen LogP contribution in [0, 0.1) is 5.92 Å². The van der Waals surface area contributed by atoms with Crippen LogP contribution in [0.4, 0.5) is 4.39 Å². The number of alkyl halides is 1. The lowest BCUT2D eigenvalue weighted by Gasteiger charge is -2.15. The molecule has 0 aromatic rings. The van der Waals surface area contributed by atoms with Gasteiger partial charge in [0.2, 0.25) is 0 Å². The van der Waals surface area contributed by atoms with Crippen molar-refractivity contribution < 1.29 is 4.39 Å². The zero-order valence-electron chi connectivity index (χ0n) is 8.91. The van der Waals surface area contributed by atoms with E-state index in [1.54, 1.807) is 0 Å². The molecule has 0 radical (unpaired) electrons. The quantitative estimate of drug-likeness (QED) is 0.431. The van der Waals surface area contributed by atoms with Gasteiger partial charge in [-0.2, -0.15) is 0 Å². The Bertz CT molecular complexity index is 178. The van der Waals surface area contributed by atoms with E-state index in [1.807, 2.05) is 0 Å². The number of rotatable bonds is 6. The molecule has 0 spiro atoms. The number of aliphatic imine (C=N–C) groups is 1. The van der Waals surface area contributed by atoms with E-state index in [4.69, 9.17) is 17.2 Å². The molecule has 0 fully saturated rings. The summed E-state index contributed by atoms with van der Waals surface area (Å²) in [7, 11) is 0. The molecule has 0 rings (SSSR count). The SMILES string of the molecule is CC(C)C[C@H](N)C[C@H](F)CN=C(N)N. The van der Waals surface area contributed by atoms with Crippen molar-refractivity contribution in [2.45, 2.75) is 38.9 Å². The van der Waals surface area contributed by atoms with Crippen LogP contribution in [0.1, 0.15) is 26.7 Å². The van der Waals surface area contributed by atoms with Gasteiger partial charge in [-0.3, -0.25) is 4.99 Å². The Morgan fingerprint density at radius 3 is 2.29 bits per heavy atom. The number of hydrogen-bond acceptors (Lipinski definition) is 2. The maximum atomic E-state index is 13.2. The molecule has 0 amide bonds. The lowest BCUT2D eigenvalue weighted by molar-refractivity contribution is 0.289. The van der Waals surface area contributed by atoms with Gasteiger partial charge in [0.1, 0.15) is 6.17 Å². The maximum absolute atomic E-state index is 13.2. The summed E-state index contributed by atoms with van der Waals surface area (Å²) in [4.78, 5) is 3.60. The molecule has 0 unspecified atom stereocenters. The average molecular weight is 204 g/mol. The van der Waals surface area contributed by atoms with Crippen molar-refractivity contribution >= 4 is 5.96 Å². The van der Waals surface area contributed by atoms with E-state index < -0.39 is 6.17 Å². The molecular weight excluding hydrogens is 183 g/mol. The Hall–Kier alpha value is -0.840. The van der Waals surface area contributed by atoms with Crippen LogP contribution >= 0.6 is 0 Å². The fourth-order valence-corrected chi connectivity index (χ4v) is 1.31. The first kappa shape index (κ1) is 13.2. The van der Waals surface area contributed by atoms with E-state index in [1.165, 1.54) is 0 Å². The van der Waals surface area contributed by atoms with Crippen LogP contribution in [0.2, 0.25) is 0 Å². The highest BCUT2D eigenvalue weighted by Gasteiger charge is 2.13. The van der Waals surface area contributed by atoms with Gasteiger partial charge in [0.05, 0.1) is 6.54 Å². The molecule has 6 N–H and O–H groups in total. The fourth-order valence-electron chi connectivity index (χ4n) is 1.31. The monoisotopic (exact) mass is 204 g/mol. The fraction of sp³-hybridized carbons (Fsp3) is 0.889. The number of halogens is 1. The minimum atomic E-state index is -1.05. The van der Waals surface area contributed by atoms with Crippen molar-refractivity contribution in [3.8, 4) is 0 Å². The highest BCUT2D eigenvalue weighted by Crippen LogP contribution is 2.09. The zero-order chi connectivity index (χ0) is 11.1. The van der Waals surface area contributed by atoms with Crippen molar-refractivity contribution in [1.82, 2.24) is 0 Å². The lowest BCUT2D eigenvalue weighted by atomic mass is 10.00. The van der Waals surface area contributed by atoms with E-state index in [9.17, 15) is 4.39 Å². The number of hydrogen-bond donors (Lipinski definition) is 3. The van der Waals surface area contributed by atoms with Crippen molar-refractivity contribution in [2.75, 3.05) is 6.54 Å². The highest BCUT2D eigenvalue weighted by molar-refractivity contribution is 5.75. The molecule has 14 heavy (non-hydrogen) atoms. The van der Waals surface area contributed by atoms with Gasteiger partial charge in [0.15, 0.2) is 5.96 Å². The van der Waals surface area contributed by atoms with E-state index >= 15 is 0 Å². The minimum absolute atomic E-state index is 0.00806. The van der Waals surface area contributed by atoms with E-state index in [0.717, 1.165) is 6.42 Å². The van der Waals surface area contributed by atoms with Crippen molar-refractivity contribution in [2.24, 2.45) is 28.1 Å². The summed E-state index contributed by atoms with van der Waals surface area (Å²) < 4.78 is 13.2. The van der Waals surface area contributed by atoms with Gasteiger partial charge < -0.3 is 17.2 Å². The van der Waals surface area contributed by atoms with Crippen molar-refractivity contribution in [1.29, 1.82) is 0 Å². The smallest absolute Gasteiger partial charge is 0.186 e. The number of nitrogens with two attached hydrogens (primary N) is 3. The number of guanidine groups is 1. The summed E-state index contributed by atoms with van der Waals surface area (Å²) in [5.74, 6) is 0.408. The first-order valence-electron chi connectivity index (χ1n) is 4.86. The molecule has 5 heteroatoms. The summed E-state index contributed by atoms with van der Waals surface area (Å²) in [6, 6.07) is -0.112. The Morgan fingerprint density at radius 2 is 1.86 bits per heavy atom. The Morgan fingerprint density at radius 1 is 1.29 bits per heavy atom. The van der Waals surface area contributed by atoms with Crippen LogP contribution in [-0.4, -0.2) is 24.7 Å². The second-order valence-electron chi connectivity index (χ2n) is 3.99. The van der Waals surface area contributed by atoms with Gasteiger partial charge in [0, 0.05) is 6.04 Å². The van der Waals surface area contributed by atoms with E-state index in [0.29, 0.717) is 12.3 Å². The minimum Gasteiger partial charge on any atom is -0.370 e. The molecule has 2 atom stereocenters. The molecule has 0 aliphatic rings. The third-order valence-electron chi connectivity index (χ3n) is 1.80. The molecule has 0 aliphatic heterocycles. The molecule has 0 bridgehead atoms. The van der Waals surface area contributed by atoms with Gasteiger partial charge in [-0.05, 0) is 18.8 Å². The summed E-state index contributed by atoms with van der Waals surface area (Å²) >= 11 is 0. The first-order chi connectivity index (χ1) is 6.41. The van der Waals surface area contributed by atoms with Crippen LogP contribution in [-0.2, 0) is 0 Å². The van der Waals surface area contributed by atoms with Crippen LogP contribution in [0.15, 0.2) is 4.99 Å². The standard InChI is InChI=1S/C9H21FN4/c1-6(2)3-8(11)4-7(10)5-14-9(12)13/h6-8H,3-5,11H2,1-2H3,(H4,12,13,14)/t7-,8-/m0/s1. The van der Waals surface area contributed by atoms with Crippen LogP contribution in [0.5, 0.6) is 0 Å². The molecule has 4 nitrogen and oxygen atoms in total. The van der Waals surface area contributed by atoms with Gasteiger partial charge in [-0.1, -0.05) is 13.8 Å². The molecule has 0 saturated carbocycles. The van der Waals surface area contributed by atoms with Gasteiger partial charge in [0.25, 0.3) is 0 Å². The van der Waals surface area contributed by atoms with Crippen molar-refractivity contribution in [3.05, 3.63) is 0 Å². The molecule has 0 heterocycles. The van der Waals surface area contributed by atoms with Gasteiger partial charge in [-0.25, -0.2) is 4.39 Å². The van der Waals surface area contributed by atoms with Crippen LogP contribution in [0.3, 0.4) is 0 Å². The Balaban J connectivity index is 3.71. The second-order valence-corrected chi connectivity index (χ2v) is 3.99. The largest absolute Gasteiger partial charge is 0.370 e. The van der Waals surface area contributed by atoms with Crippen LogP contribution in [0.25, 0.3) is 0 Å². The highest BCUT2D eigenvalue weighted by atomic mass is 19.1. The maximum Gasteiger partial charge on any atom is 0.186 e. The van der Waals surface area contributed by atoms with E-state index in [2.05, 4.69) is 18.8 Å². The predicted molar refractivity (Wildman–Crippen MR) is 57.6 cm³/mol. The summed E-state index contributed by atoms with van der Waals surface area (Å²) in [5.41, 5.74) is 15.9. The molecule has 0 aliphatic carbocycles. The van der Waals surface area contributed by atoms with E-state index in [-0.39, 0.29) is 18.5 Å². The van der Waals surface area contributed by atoms with Crippen LogP contribution < -0.4 is 17.2 Å². The summed E-state index contributed by atoms with van der Waals surface area (Å²) in [6.07, 6.45) is 0.0860. The molecule has 0 aromatic carbocycles. The third kappa shape index (κ3) is 7.79. The predicted octanol–water partition coefficient (Wildman–Crippen LogP) is 0.361. The number of nitrogens with zero attached hydrogens (tertiary/aromatic N) is 1. The molecule has 0 aromatic heterocycles. The molecular formula is C9H21FN4. The zero-order valence-corrected chi connectivity index (χ0v) is 8.91. The second kappa shape index (κ2) is 6.59. The average Bonchev–Trinajstić information content (AvgIpc) is 1.98. The molecule has 0 saturated heterocycles. The lowest BCUT2D eigenvalue weighted by Crippen LogP contribution is -2.29. The summed E-state index contributed by atoms with van der Waals surface area (Å²) in [5, 5.41) is 0.